The van der Waals surface area contributed by atoms with E-state index in [0.29, 0.717) is 26.2 Å². The topological polar surface area (TPSA) is 84.9 Å². The smallest absolute Gasteiger partial charge is 0.326 e. The molecule has 0 aromatic carbocycles. The van der Waals surface area contributed by atoms with Crippen molar-refractivity contribution in [1.29, 1.82) is 0 Å². The average Bonchev–Trinajstić information content (AvgIpc) is 2.45. The summed E-state index contributed by atoms with van der Waals surface area (Å²) in [4.78, 5) is 22.8. The first-order valence-electron chi connectivity index (χ1n) is 7.26. The zero-order valence-corrected chi connectivity index (χ0v) is 12.3. The van der Waals surface area contributed by atoms with Crippen molar-refractivity contribution in [2.45, 2.75) is 51.7 Å². The lowest BCUT2D eigenvalue weighted by Crippen LogP contribution is -2.45. The lowest BCUT2D eigenvalue weighted by molar-refractivity contribution is -0.143. The minimum absolute atomic E-state index is 0.0899. The van der Waals surface area contributed by atoms with Gasteiger partial charge in [0.25, 0.3) is 0 Å². The minimum Gasteiger partial charge on any atom is -0.480 e. The Bertz CT molecular complexity index is 315. The highest BCUT2D eigenvalue weighted by molar-refractivity contribution is 5.83. The normalized spacial score (nSPS) is 19.3. The molecular formula is C14H25NO5. The summed E-state index contributed by atoms with van der Waals surface area (Å²) in [6, 6.07) is -0.824. The quantitative estimate of drug-likeness (QED) is 0.700. The number of carbonyl (C=O) groups is 2. The van der Waals surface area contributed by atoms with Gasteiger partial charge < -0.3 is 19.9 Å². The highest BCUT2D eigenvalue weighted by Gasteiger charge is 2.25. The maximum atomic E-state index is 11.7. The molecule has 0 aromatic heterocycles. The van der Waals surface area contributed by atoms with Crippen molar-refractivity contribution in [1.82, 2.24) is 5.32 Å². The van der Waals surface area contributed by atoms with E-state index in [1.54, 1.807) is 0 Å². The summed E-state index contributed by atoms with van der Waals surface area (Å²) in [5, 5.41) is 11.7. The van der Waals surface area contributed by atoms with E-state index >= 15 is 0 Å². The molecule has 116 valence electrons. The van der Waals surface area contributed by atoms with E-state index in [-0.39, 0.29) is 24.3 Å². The summed E-state index contributed by atoms with van der Waals surface area (Å²) in [6.45, 7) is 5.44. The standard InChI is InChI=1S/C14H25NO5/c1-3-10(2)13(14(17)18)15-12(16)6-9-20-11-4-7-19-8-5-11/h10-11,13H,3-9H2,1-2H3,(H,15,16)(H,17,18)/t10-,13-/m0/s1. The van der Waals surface area contributed by atoms with E-state index in [1.807, 2.05) is 13.8 Å². The van der Waals surface area contributed by atoms with Crippen molar-refractivity contribution in [3.8, 4) is 0 Å². The molecule has 0 radical (unpaired) electrons. The maximum absolute atomic E-state index is 11.7. The van der Waals surface area contributed by atoms with Crippen LogP contribution in [0.2, 0.25) is 0 Å². The second-order valence-electron chi connectivity index (χ2n) is 5.20. The molecule has 0 unspecified atom stereocenters. The third kappa shape index (κ3) is 5.88. The minimum atomic E-state index is -0.988. The molecule has 2 atom stereocenters. The van der Waals surface area contributed by atoms with Gasteiger partial charge >= 0.3 is 5.97 Å². The molecule has 1 saturated heterocycles. The van der Waals surface area contributed by atoms with Crippen molar-refractivity contribution < 1.29 is 24.2 Å². The Labute approximate surface area is 119 Å². The van der Waals surface area contributed by atoms with Crippen LogP contribution in [0.3, 0.4) is 0 Å². The molecular weight excluding hydrogens is 262 g/mol. The number of rotatable bonds is 8. The highest BCUT2D eigenvalue weighted by Crippen LogP contribution is 2.11. The number of ether oxygens (including phenoxy) is 2. The summed E-state index contributed by atoms with van der Waals surface area (Å²) in [6.07, 6.45) is 2.76. The second-order valence-corrected chi connectivity index (χ2v) is 5.20. The zero-order chi connectivity index (χ0) is 15.0. The Kier molecular flexibility index (Phi) is 7.54. The van der Waals surface area contributed by atoms with Crippen LogP contribution in [-0.4, -0.2) is 48.9 Å². The number of carboxylic acids is 1. The Morgan fingerprint density at radius 3 is 2.60 bits per heavy atom. The molecule has 0 saturated carbocycles. The van der Waals surface area contributed by atoms with E-state index in [4.69, 9.17) is 14.6 Å². The van der Waals surface area contributed by atoms with Gasteiger partial charge in [0.15, 0.2) is 0 Å². The molecule has 1 aliphatic heterocycles. The van der Waals surface area contributed by atoms with Gasteiger partial charge in [-0.1, -0.05) is 20.3 Å². The van der Waals surface area contributed by atoms with E-state index in [0.717, 1.165) is 12.8 Å². The zero-order valence-electron chi connectivity index (χ0n) is 12.3. The Balaban J connectivity index is 2.25. The predicted octanol–water partition coefficient (Wildman–Crippen LogP) is 1.19. The molecule has 1 amide bonds. The summed E-state index contributed by atoms with van der Waals surface area (Å²) in [5.74, 6) is -1.35. The van der Waals surface area contributed by atoms with Crippen LogP contribution in [0.1, 0.15) is 39.5 Å². The SMILES string of the molecule is CC[C@H](C)[C@H](NC(=O)CCOC1CCOCC1)C(=O)O. The average molecular weight is 287 g/mol. The Morgan fingerprint density at radius 2 is 2.05 bits per heavy atom. The van der Waals surface area contributed by atoms with Gasteiger partial charge in [-0.15, -0.1) is 0 Å². The summed E-state index contributed by atoms with van der Waals surface area (Å²) in [7, 11) is 0. The Hall–Kier alpha value is -1.14. The van der Waals surface area contributed by atoms with E-state index in [2.05, 4.69) is 5.32 Å². The third-order valence-electron chi connectivity index (χ3n) is 3.65. The monoisotopic (exact) mass is 287 g/mol. The van der Waals surface area contributed by atoms with Crippen LogP contribution in [0.25, 0.3) is 0 Å². The van der Waals surface area contributed by atoms with Crippen molar-refractivity contribution in [3.63, 3.8) is 0 Å². The molecule has 0 aromatic rings. The van der Waals surface area contributed by atoms with Crippen molar-refractivity contribution in [3.05, 3.63) is 0 Å². The molecule has 0 bridgehead atoms. The van der Waals surface area contributed by atoms with Gasteiger partial charge in [0.2, 0.25) is 5.91 Å². The van der Waals surface area contributed by atoms with Crippen molar-refractivity contribution in [2.75, 3.05) is 19.8 Å². The molecule has 6 heteroatoms. The first-order valence-corrected chi connectivity index (χ1v) is 7.26. The van der Waals surface area contributed by atoms with E-state index in [1.165, 1.54) is 0 Å². The summed E-state index contributed by atoms with van der Waals surface area (Å²) in [5.41, 5.74) is 0. The van der Waals surface area contributed by atoms with E-state index < -0.39 is 12.0 Å². The van der Waals surface area contributed by atoms with Gasteiger partial charge in [0, 0.05) is 19.6 Å². The predicted molar refractivity (Wildman–Crippen MR) is 73.4 cm³/mol. The van der Waals surface area contributed by atoms with Crippen molar-refractivity contribution >= 4 is 11.9 Å². The summed E-state index contributed by atoms with van der Waals surface area (Å²) < 4.78 is 10.8. The third-order valence-corrected chi connectivity index (χ3v) is 3.65. The molecule has 1 fully saturated rings. The fourth-order valence-corrected chi connectivity index (χ4v) is 2.09. The number of carbonyl (C=O) groups excluding carboxylic acids is 1. The first-order chi connectivity index (χ1) is 9.54. The lowest BCUT2D eigenvalue weighted by Gasteiger charge is -2.23. The van der Waals surface area contributed by atoms with Gasteiger partial charge in [0.1, 0.15) is 6.04 Å². The fraction of sp³-hybridized carbons (Fsp3) is 0.857. The van der Waals surface area contributed by atoms with Gasteiger partial charge in [-0.2, -0.15) is 0 Å². The molecule has 0 aliphatic carbocycles. The van der Waals surface area contributed by atoms with Gasteiger partial charge in [-0.05, 0) is 18.8 Å². The maximum Gasteiger partial charge on any atom is 0.326 e. The molecule has 1 heterocycles. The molecule has 1 rings (SSSR count). The molecule has 2 N–H and O–H groups in total. The molecule has 1 aliphatic rings. The van der Waals surface area contributed by atoms with Crippen LogP contribution < -0.4 is 5.32 Å². The number of nitrogens with one attached hydrogen (secondary N) is 1. The first kappa shape index (κ1) is 16.9. The molecule has 6 nitrogen and oxygen atoms in total. The number of aliphatic carboxylic acids is 1. The second kappa shape index (κ2) is 8.92. The van der Waals surface area contributed by atoms with Gasteiger partial charge in [-0.25, -0.2) is 4.79 Å². The van der Waals surface area contributed by atoms with Crippen LogP contribution in [-0.2, 0) is 19.1 Å². The van der Waals surface area contributed by atoms with Gasteiger partial charge in [0.05, 0.1) is 12.7 Å². The van der Waals surface area contributed by atoms with E-state index in [9.17, 15) is 9.59 Å². The fourth-order valence-electron chi connectivity index (χ4n) is 2.09. The number of hydrogen-bond acceptors (Lipinski definition) is 4. The summed E-state index contributed by atoms with van der Waals surface area (Å²) >= 11 is 0. The number of carboxylic acid groups (broad SMARTS) is 1. The van der Waals surface area contributed by atoms with Crippen LogP contribution in [0.4, 0.5) is 0 Å². The van der Waals surface area contributed by atoms with Crippen LogP contribution in [0.5, 0.6) is 0 Å². The lowest BCUT2D eigenvalue weighted by atomic mass is 9.99. The van der Waals surface area contributed by atoms with Gasteiger partial charge in [-0.3, -0.25) is 4.79 Å². The van der Waals surface area contributed by atoms with Crippen LogP contribution in [0, 0.1) is 5.92 Å². The molecule has 0 spiro atoms. The number of hydrogen-bond donors (Lipinski definition) is 2. The Morgan fingerprint density at radius 1 is 1.40 bits per heavy atom. The van der Waals surface area contributed by atoms with Crippen LogP contribution in [0.15, 0.2) is 0 Å². The van der Waals surface area contributed by atoms with Crippen molar-refractivity contribution in [2.24, 2.45) is 5.92 Å². The highest BCUT2D eigenvalue weighted by atomic mass is 16.5. The molecule has 20 heavy (non-hydrogen) atoms. The van der Waals surface area contributed by atoms with Crippen LogP contribution >= 0.6 is 0 Å². The number of amides is 1. The largest absolute Gasteiger partial charge is 0.480 e.